The minimum absolute atomic E-state index is 0.134. The van der Waals surface area contributed by atoms with Crippen LogP contribution < -0.4 is 0 Å². The third-order valence-electron chi connectivity index (χ3n) is 4.03. The highest BCUT2D eigenvalue weighted by atomic mass is 32.2. The van der Waals surface area contributed by atoms with Gasteiger partial charge < -0.3 is 4.90 Å². The third-order valence-corrected chi connectivity index (χ3v) is 5.96. The lowest BCUT2D eigenvalue weighted by Gasteiger charge is -2.16. The van der Waals surface area contributed by atoms with E-state index < -0.39 is 0 Å². The van der Waals surface area contributed by atoms with E-state index in [-0.39, 0.29) is 5.91 Å². The number of hydrogen-bond donors (Lipinski definition) is 0. The van der Waals surface area contributed by atoms with Crippen LogP contribution in [0.1, 0.15) is 11.3 Å². The number of thioether (sulfide) groups is 1. The van der Waals surface area contributed by atoms with Crippen LogP contribution >= 0.6 is 23.1 Å². The molecule has 26 heavy (non-hydrogen) atoms. The van der Waals surface area contributed by atoms with Gasteiger partial charge in [0.25, 0.3) is 0 Å². The molecule has 0 atom stereocenters. The number of carbonyl (C=O) groups excluding carboxylic acids is 1. The van der Waals surface area contributed by atoms with Crippen molar-refractivity contribution >= 4 is 35.1 Å². The maximum atomic E-state index is 12.7. The van der Waals surface area contributed by atoms with Crippen LogP contribution in [0.15, 0.2) is 65.3 Å². The van der Waals surface area contributed by atoms with Crippen LogP contribution in [-0.4, -0.2) is 33.1 Å². The molecule has 4 nitrogen and oxygen atoms in total. The summed E-state index contributed by atoms with van der Waals surface area (Å²) in [4.78, 5) is 23.4. The molecule has 0 aliphatic carbocycles. The molecule has 0 radical (unpaired) electrons. The molecule has 1 amide bonds. The molecule has 1 fully saturated rings. The molecule has 1 aliphatic heterocycles. The minimum Gasteiger partial charge on any atom is -0.306 e. The maximum absolute atomic E-state index is 12.7. The fourth-order valence-corrected chi connectivity index (χ4v) is 4.57. The molecule has 1 aliphatic rings. The first-order valence-electron chi connectivity index (χ1n) is 8.34. The van der Waals surface area contributed by atoms with Crippen molar-refractivity contribution in [2.75, 3.05) is 12.3 Å². The summed E-state index contributed by atoms with van der Waals surface area (Å²) >= 11 is 3.30. The van der Waals surface area contributed by atoms with E-state index in [2.05, 4.69) is 9.97 Å². The topological polar surface area (TPSA) is 46.1 Å². The Bertz CT molecular complexity index is 922. The number of rotatable bonds is 4. The molecule has 1 saturated heterocycles. The summed E-state index contributed by atoms with van der Waals surface area (Å²) in [6.07, 6.45) is 6.01. The highest BCUT2D eigenvalue weighted by Gasteiger charge is 2.24. The second kappa shape index (κ2) is 7.85. The Kier molecular flexibility index (Phi) is 5.13. The molecular weight excluding hydrogens is 362 g/mol. The first-order valence-corrected chi connectivity index (χ1v) is 10.2. The molecule has 0 saturated carbocycles. The molecule has 1 aromatic carbocycles. The molecule has 0 bridgehead atoms. The zero-order valence-corrected chi connectivity index (χ0v) is 15.7. The van der Waals surface area contributed by atoms with E-state index >= 15 is 0 Å². The Morgan fingerprint density at radius 2 is 2.08 bits per heavy atom. The van der Waals surface area contributed by atoms with Crippen LogP contribution in [0.2, 0.25) is 0 Å². The summed E-state index contributed by atoms with van der Waals surface area (Å²) in [5.74, 6) is 1.06. The number of thiazole rings is 1. The number of carbonyl (C=O) groups is 1. The zero-order chi connectivity index (χ0) is 17.8. The molecule has 4 rings (SSSR count). The Balaban J connectivity index is 1.51. The lowest BCUT2D eigenvalue weighted by Crippen LogP contribution is -2.28. The standard InChI is InChI=1S/C20H17N3OS2/c24-18(11-15-5-2-1-3-6-15)23-9-10-25-19(23)12-17-14-26-20(22-17)16-7-4-8-21-13-16/h1-8,12-14H,9-11H2/b19-12+. The molecule has 6 heteroatoms. The molecule has 3 aromatic rings. The lowest BCUT2D eigenvalue weighted by atomic mass is 10.1. The number of hydrogen-bond acceptors (Lipinski definition) is 5. The normalized spacial score (nSPS) is 15.5. The Hall–Kier alpha value is -2.44. The van der Waals surface area contributed by atoms with Gasteiger partial charge >= 0.3 is 0 Å². The van der Waals surface area contributed by atoms with Gasteiger partial charge in [0.05, 0.1) is 17.1 Å². The molecule has 0 spiro atoms. The zero-order valence-electron chi connectivity index (χ0n) is 14.0. The third kappa shape index (κ3) is 3.86. The van der Waals surface area contributed by atoms with E-state index in [1.54, 1.807) is 29.3 Å². The van der Waals surface area contributed by atoms with Gasteiger partial charge in [0.2, 0.25) is 5.91 Å². The van der Waals surface area contributed by atoms with Gasteiger partial charge in [0.1, 0.15) is 5.01 Å². The quantitative estimate of drug-likeness (QED) is 0.677. The predicted octanol–water partition coefficient (Wildman–Crippen LogP) is 4.32. The predicted molar refractivity (Wildman–Crippen MR) is 108 cm³/mol. The number of benzene rings is 1. The summed E-state index contributed by atoms with van der Waals surface area (Å²) in [6.45, 7) is 0.752. The minimum atomic E-state index is 0.134. The van der Waals surface area contributed by atoms with Gasteiger partial charge in [0, 0.05) is 35.6 Å². The van der Waals surface area contributed by atoms with E-state index in [0.29, 0.717) is 6.42 Å². The Morgan fingerprint density at radius 3 is 2.88 bits per heavy atom. The smallest absolute Gasteiger partial charge is 0.231 e. The highest BCUT2D eigenvalue weighted by Crippen LogP contribution is 2.31. The van der Waals surface area contributed by atoms with Crippen LogP contribution in [0, 0.1) is 0 Å². The van der Waals surface area contributed by atoms with Crippen LogP contribution in [-0.2, 0) is 11.2 Å². The molecular formula is C20H17N3OS2. The summed E-state index contributed by atoms with van der Waals surface area (Å²) in [5.41, 5.74) is 2.94. The molecule has 3 heterocycles. The van der Waals surface area contributed by atoms with Gasteiger partial charge in [-0.2, -0.15) is 0 Å². The van der Waals surface area contributed by atoms with Gasteiger partial charge in [-0.3, -0.25) is 9.78 Å². The van der Waals surface area contributed by atoms with E-state index in [1.165, 1.54) is 0 Å². The summed E-state index contributed by atoms with van der Waals surface area (Å²) < 4.78 is 0. The van der Waals surface area contributed by atoms with Crippen LogP contribution in [0.5, 0.6) is 0 Å². The number of aromatic nitrogens is 2. The maximum Gasteiger partial charge on any atom is 0.231 e. The van der Waals surface area contributed by atoms with Crippen molar-refractivity contribution in [1.82, 2.24) is 14.9 Å². The average Bonchev–Trinajstić information content (AvgIpc) is 3.33. The van der Waals surface area contributed by atoms with E-state index in [9.17, 15) is 4.79 Å². The molecule has 2 aromatic heterocycles. The lowest BCUT2D eigenvalue weighted by molar-refractivity contribution is -0.127. The average molecular weight is 380 g/mol. The number of pyridine rings is 1. The van der Waals surface area contributed by atoms with E-state index in [0.717, 1.165) is 39.2 Å². The Labute approximate surface area is 160 Å². The molecule has 0 unspecified atom stereocenters. The van der Waals surface area contributed by atoms with Crippen LogP contribution in [0.3, 0.4) is 0 Å². The van der Waals surface area contributed by atoms with Gasteiger partial charge in [-0.1, -0.05) is 30.3 Å². The highest BCUT2D eigenvalue weighted by molar-refractivity contribution is 8.03. The largest absolute Gasteiger partial charge is 0.306 e. The van der Waals surface area contributed by atoms with Crippen molar-refractivity contribution in [3.8, 4) is 10.6 Å². The fraction of sp³-hybridized carbons (Fsp3) is 0.150. The number of amides is 1. The number of nitrogens with zero attached hydrogens (tertiary/aromatic N) is 3. The monoisotopic (exact) mass is 379 g/mol. The summed E-state index contributed by atoms with van der Waals surface area (Å²) in [5, 5.41) is 3.94. The van der Waals surface area contributed by atoms with E-state index in [4.69, 9.17) is 0 Å². The van der Waals surface area contributed by atoms with Crippen LogP contribution in [0.4, 0.5) is 0 Å². The van der Waals surface area contributed by atoms with Gasteiger partial charge in [0.15, 0.2) is 0 Å². The summed E-state index contributed by atoms with van der Waals surface area (Å²) in [6, 6.07) is 13.8. The fourth-order valence-electron chi connectivity index (χ4n) is 2.76. The van der Waals surface area contributed by atoms with Gasteiger partial charge in [-0.15, -0.1) is 23.1 Å². The summed E-state index contributed by atoms with van der Waals surface area (Å²) in [7, 11) is 0. The Morgan fingerprint density at radius 1 is 1.19 bits per heavy atom. The van der Waals surface area contributed by atoms with Crippen molar-refractivity contribution in [3.05, 3.63) is 76.5 Å². The van der Waals surface area contributed by atoms with Crippen molar-refractivity contribution in [1.29, 1.82) is 0 Å². The van der Waals surface area contributed by atoms with Crippen molar-refractivity contribution < 1.29 is 4.79 Å². The second-order valence-corrected chi connectivity index (χ2v) is 7.83. The first-order chi connectivity index (χ1) is 12.8. The van der Waals surface area contributed by atoms with Crippen molar-refractivity contribution in [3.63, 3.8) is 0 Å². The van der Waals surface area contributed by atoms with Crippen molar-refractivity contribution in [2.45, 2.75) is 6.42 Å². The van der Waals surface area contributed by atoms with Crippen LogP contribution in [0.25, 0.3) is 16.6 Å². The van der Waals surface area contributed by atoms with Crippen molar-refractivity contribution in [2.24, 2.45) is 0 Å². The first kappa shape index (κ1) is 17.0. The molecule has 0 N–H and O–H groups in total. The molecule has 130 valence electrons. The van der Waals surface area contributed by atoms with Gasteiger partial charge in [-0.25, -0.2) is 4.98 Å². The van der Waals surface area contributed by atoms with Gasteiger partial charge in [-0.05, 0) is 23.8 Å². The second-order valence-electron chi connectivity index (χ2n) is 5.86. The van der Waals surface area contributed by atoms with E-state index in [1.807, 2.05) is 65.0 Å². The SMILES string of the molecule is O=C(Cc1ccccc1)N1CCS/C1=C/c1csc(-c2cccnc2)n1.